The molecule has 0 fully saturated rings. The lowest BCUT2D eigenvalue weighted by Gasteiger charge is -2.10. The van der Waals surface area contributed by atoms with Gasteiger partial charge in [-0.3, -0.25) is 10.3 Å². The Hall–Kier alpha value is -2.41. The van der Waals surface area contributed by atoms with Gasteiger partial charge in [-0.25, -0.2) is 4.79 Å². The van der Waals surface area contributed by atoms with Crippen LogP contribution in [0.5, 0.6) is 5.75 Å². The van der Waals surface area contributed by atoms with Crippen LogP contribution in [-0.2, 0) is 13.0 Å². The molecule has 22 heavy (non-hydrogen) atoms. The van der Waals surface area contributed by atoms with E-state index in [1.807, 2.05) is 6.92 Å². The van der Waals surface area contributed by atoms with Gasteiger partial charge in [0.25, 0.3) is 0 Å². The molecule has 0 saturated heterocycles. The zero-order valence-electron chi connectivity index (χ0n) is 11.7. The Labute approximate surface area is 130 Å². The number of aryl methyl sites for hydroxylation is 1. The molecule has 0 bridgehead atoms. The number of hydrogen-bond donors (Lipinski definition) is 0. The fourth-order valence-corrected chi connectivity index (χ4v) is 2.40. The van der Waals surface area contributed by atoms with Crippen LogP contribution in [0.15, 0.2) is 27.4 Å². The van der Waals surface area contributed by atoms with Crippen LogP contribution in [0.3, 0.4) is 0 Å². The second-order valence-corrected chi connectivity index (χ2v) is 5.11. The summed E-state index contributed by atoms with van der Waals surface area (Å²) in [5.74, 6) is 0.730. The lowest BCUT2D eigenvalue weighted by Crippen LogP contribution is -2.02. The third-order valence-corrected chi connectivity index (χ3v) is 3.41. The third-order valence-electron chi connectivity index (χ3n) is 3.12. The van der Waals surface area contributed by atoms with Gasteiger partial charge in [0.2, 0.25) is 0 Å². The summed E-state index contributed by atoms with van der Waals surface area (Å²) in [5, 5.41) is 15.3. The highest BCUT2D eigenvalue weighted by Gasteiger charge is 2.11. The topological polar surface area (TPSA) is 92.2 Å². The number of nitrogens with zero attached hydrogens (tertiary/aromatic N) is 4. The molecule has 0 unspecified atom stereocenters. The van der Waals surface area contributed by atoms with Crippen molar-refractivity contribution in [2.24, 2.45) is 0 Å². The maximum absolute atomic E-state index is 11.6. The maximum Gasteiger partial charge on any atom is 0.336 e. The molecule has 0 amide bonds. The standard InChI is InChI=1S/C14H12ClN4O3/c1-2-3-8-4-14(20)22-11-6-12(10(15)5-9(8)11)21-7-13-16-18-19-17-13/h4-6H,2-3,7H2,1H3/q-1. The van der Waals surface area contributed by atoms with Crippen molar-refractivity contribution in [2.45, 2.75) is 26.4 Å². The number of fused-ring (bicyclic) bond motifs is 1. The Morgan fingerprint density at radius 2 is 2.23 bits per heavy atom. The molecule has 0 aliphatic carbocycles. The van der Waals surface area contributed by atoms with Crippen molar-refractivity contribution < 1.29 is 9.15 Å². The predicted molar refractivity (Wildman–Crippen MR) is 79.0 cm³/mol. The lowest BCUT2D eigenvalue weighted by atomic mass is 10.1. The highest BCUT2D eigenvalue weighted by Crippen LogP contribution is 2.31. The number of ether oxygens (including phenoxy) is 1. The molecule has 3 aromatic rings. The Morgan fingerprint density at radius 1 is 1.36 bits per heavy atom. The molecule has 0 radical (unpaired) electrons. The maximum atomic E-state index is 11.6. The summed E-state index contributed by atoms with van der Waals surface area (Å²) in [6.07, 6.45) is 1.69. The number of aromatic nitrogens is 4. The number of hydrogen-bond acceptors (Lipinski definition) is 6. The second-order valence-electron chi connectivity index (χ2n) is 4.70. The smallest absolute Gasteiger partial charge is 0.336 e. The number of halogens is 1. The fraction of sp³-hybridized carbons (Fsp3) is 0.286. The highest BCUT2D eigenvalue weighted by molar-refractivity contribution is 6.32. The van der Waals surface area contributed by atoms with Gasteiger partial charge < -0.3 is 14.3 Å². The van der Waals surface area contributed by atoms with Gasteiger partial charge in [0.1, 0.15) is 17.9 Å². The molecule has 7 nitrogen and oxygen atoms in total. The van der Waals surface area contributed by atoms with E-state index in [2.05, 4.69) is 20.6 Å². The highest BCUT2D eigenvalue weighted by atomic mass is 35.5. The zero-order chi connectivity index (χ0) is 15.5. The van der Waals surface area contributed by atoms with Crippen LogP contribution in [-0.4, -0.2) is 15.5 Å². The van der Waals surface area contributed by atoms with Crippen LogP contribution in [0.2, 0.25) is 5.02 Å². The number of tetrazole rings is 1. The van der Waals surface area contributed by atoms with E-state index in [-0.39, 0.29) is 6.61 Å². The van der Waals surface area contributed by atoms with Gasteiger partial charge in [-0.1, -0.05) is 24.9 Å². The predicted octanol–water partition coefficient (Wildman–Crippen LogP) is 2.12. The van der Waals surface area contributed by atoms with E-state index < -0.39 is 5.63 Å². The second kappa shape index (κ2) is 6.15. The van der Waals surface area contributed by atoms with Crippen molar-refractivity contribution in [3.05, 3.63) is 45.0 Å². The molecule has 0 saturated carbocycles. The summed E-state index contributed by atoms with van der Waals surface area (Å²) >= 11 is 6.24. The van der Waals surface area contributed by atoms with Crippen LogP contribution < -0.4 is 15.5 Å². The first-order chi connectivity index (χ1) is 10.7. The molecule has 114 valence electrons. The van der Waals surface area contributed by atoms with E-state index in [0.717, 1.165) is 23.8 Å². The summed E-state index contributed by atoms with van der Waals surface area (Å²) in [4.78, 5) is 11.6. The SMILES string of the molecule is CCCc1cc(=O)oc2cc(OCc3nnn[n-]3)c(Cl)cc12. The summed E-state index contributed by atoms with van der Waals surface area (Å²) in [5.41, 5.74) is 0.960. The molecule has 3 rings (SSSR count). The van der Waals surface area contributed by atoms with E-state index in [1.165, 1.54) is 6.07 Å². The monoisotopic (exact) mass is 319 g/mol. The number of benzene rings is 1. The van der Waals surface area contributed by atoms with Crippen molar-refractivity contribution in [2.75, 3.05) is 0 Å². The van der Waals surface area contributed by atoms with E-state index in [0.29, 0.717) is 22.2 Å². The summed E-state index contributed by atoms with van der Waals surface area (Å²) in [6, 6.07) is 4.84. The molecule has 1 aromatic carbocycles. The minimum atomic E-state index is -0.392. The first-order valence-corrected chi connectivity index (χ1v) is 7.12. The van der Waals surface area contributed by atoms with E-state index >= 15 is 0 Å². The normalized spacial score (nSPS) is 11.0. The molecule has 2 heterocycles. The van der Waals surface area contributed by atoms with Gasteiger partial charge >= 0.3 is 5.63 Å². The molecule has 0 aliphatic rings. The van der Waals surface area contributed by atoms with Gasteiger partial charge in [0.05, 0.1) is 5.02 Å². The van der Waals surface area contributed by atoms with Gasteiger partial charge in [-0.2, -0.15) is 5.21 Å². The van der Waals surface area contributed by atoms with E-state index in [9.17, 15) is 4.79 Å². The molecular weight excluding hydrogens is 308 g/mol. The largest absolute Gasteiger partial charge is 0.487 e. The average molecular weight is 320 g/mol. The van der Waals surface area contributed by atoms with Crippen LogP contribution in [0.25, 0.3) is 11.0 Å². The van der Waals surface area contributed by atoms with Crippen molar-refractivity contribution in [3.63, 3.8) is 0 Å². The Bertz CT molecular complexity index is 845. The first-order valence-electron chi connectivity index (χ1n) is 6.74. The Morgan fingerprint density at radius 3 is 2.95 bits per heavy atom. The van der Waals surface area contributed by atoms with Gasteiger partial charge in [0.15, 0.2) is 0 Å². The minimum Gasteiger partial charge on any atom is -0.487 e. The summed E-state index contributed by atoms with van der Waals surface area (Å²) in [7, 11) is 0. The van der Waals surface area contributed by atoms with Crippen LogP contribution in [0.1, 0.15) is 24.7 Å². The van der Waals surface area contributed by atoms with Gasteiger partial charge in [-0.15, -0.1) is 0 Å². The van der Waals surface area contributed by atoms with E-state index in [1.54, 1.807) is 12.1 Å². The molecule has 0 aliphatic heterocycles. The summed E-state index contributed by atoms with van der Waals surface area (Å²) in [6.45, 7) is 2.12. The van der Waals surface area contributed by atoms with Crippen LogP contribution in [0.4, 0.5) is 0 Å². The van der Waals surface area contributed by atoms with Crippen LogP contribution in [0, 0.1) is 0 Å². The molecule has 2 aromatic heterocycles. The third kappa shape index (κ3) is 2.94. The minimum absolute atomic E-state index is 0.0805. The van der Waals surface area contributed by atoms with Crippen LogP contribution >= 0.6 is 11.6 Å². The van der Waals surface area contributed by atoms with Gasteiger partial charge in [0, 0.05) is 23.3 Å². The van der Waals surface area contributed by atoms with Crippen molar-refractivity contribution >= 4 is 22.6 Å². The number of rotatable bonds is 5. The molecule has 0 atom stereocenters. The lowest BCUT2D eigenvalue weighted by molar-refractivity contribution is 0.295. The van der Waals surface area contributed by atoms with Crippen molar-refractivity contribution in [1.29, 1.82) is 0 Å². The fourth-order valence-electron chi connectivity index (χ4n) is 2.18. The molecule has 8 heteroatoms. The Balaban J connectivity index is 1.98. The summed E-state index contributed by atoms with van der Waals surface area (Å²) < 4.78 is 10.8. The van der Waals surface area contributed by atoms with Gasteiger partial charge in [-0.05, 0) is 18.1 Å². The first kappa shape index (κ1) is 14.5. The molecular formula is C14H12ClN4O3-. The molecule has 0 N–H and O–H groups in total. The quantitative estimate of drug-likeness (QED) is 0.665. The van der Waals surface area contributed by atoms with Crippen molar-refractivity contribution in [3.8, 4) is 5.75 Å². The van der Waals surface area contributed by atoms with E-state index in [4.69, 9.17) is 20.8 Å². The zero-order valence-corrected chi connectivity index (χ0v) is 12.5. The molecule has 0 spiro atoms. The average Bonchev–Trinajstić information content (AvgIpc) is 2.99. The van der Waals surface area contributed by atoms with Crippen molar-refractivity contribution in [1.82, 2.24) is 20.6 Å². The Kier molecular flexibility index (Phi) is 4.06.